The van der Waals surface area contributed by atoms with Crippen LogP contribution < -0.4 is 5.32 Å². The summed E-state index contributed by atoms with van der Waals surface area (Å²) in [6, 6.07) is 18.8. The third-order valence-electron chi connectivity index (χ3n) is 4.49. The molecule has 0 radical (unpaired) electrons. The van der Waals surface area contributed by atoms with Gasteiger partial charge in [-0.2, -0.15) is 5.10 Å². The number of hydrogen-bond acceptors (Lipinski definition) is 3. The maximum absolute atomic E-state index is 4.45. The number of benzene rings is 2. The molecule has 1 N–H and O–H groups in total. The first-order valence-electron chi connectivity index (χ1n) is 8.55. The lowest BCUT2D eigenvalue weighted by Crippen LogP contribution is -2.24. The maximum Gasteiger partial charge on any atom is 0.0958 e. The summed E-state index contributed by atoms with van der Waals surface area (Å²) in [4.78, 5) is 4.45. The van der Waals surface area contributed by atoms with Gasteiger partial charge in [0, 0.05) is 31.5 Å². The van der Waals surface area contributed by atoms with E-state index in [0.717, 1.165) is 24.3 Å². The Bertz CT molecular complexity index is 955. The molecule has 0 aliphatic heterocycles. The predicted molar refractivity (Wildman–Crippen MR) is 99.7 cm³/mol. The van der Waals surface area contributed by atoms with Crippen LogP contribution in [0.4, 0.5) is 0 Å². The summed E-state index contributed by atoms with van der Waals surface area (Å²) in [5.74, 6) is 0. The van der Waals surface area contributed by atoms with Gasteiger partial charge in [0.2, 0.25) is 0 Å². The molecule has 1 unspecified atom stereocenters. The summed E-state index contributed by atoms with van der Waals surface area (Å²) in [7, 11) is 0. The highest BCUT2D eigenvalue weighted by Gasteiger charge is 2.11. The van der Waals surface area contributed by atoms with Crippen LogP contribution in [0.2, 0.25) is 0 Å². The van der Waals surface area contributed by atoms with E-state index in [2.05, 4.69) is 57.2 Å². The van der Waals surface area contributed by atoms with Crippen molar-refractivity contribution in [1.29, 1.82) is 0 Å². The van der Waals surface area contributed by atoms with Gasteiger partial charge in [-0.3, -0.25) is 0 Å². The molecule has 0 amide bonds. The Labute approximate surface area is 146 Å². The molecule has 4 aromatic rings. The van der Waals surface area contributed by atoms with Crippen molar-refractivity contribution in [2.45, 2.75) is 19.5 Å². The number of nitrogens with one attached hydrogen (secondary N) is 1. The Morgan fingerprint density at radius 2 is 1.88 bits per heavy atom. The SMILES string of the molecule is CC(NCCn1cnc2ccccc21)c1ccccc1-n1cccn1. The summed E-state index contributed by atoms with van der Waals surface area (Å²) in [5, 5.41) is 7.98. The Morgan fingerprint density at radius 1 is 1.04 bits per heavy atom. The molecule has 2 aromatic carbocycles. The van der Waals surface area contributed by atoms with Gasteiger partial charge in [0.25, 0.3) is 0 Å². The van der Waals surface area contributed by atoms with E-state index in [-0.39, 0.29) is 6.04 Å². The van der Waals surface area contributed by atoms with E-state index in [0.29, 0.717) is 0 Å². The average molecular weight is 331 g/mol. The Morgan fingerprint density at radius 3 is 2.76 bits per heavy atom. The van der Waals surface area contributed by atoms with Gasteiger partial charge < -0.3 is 9.88 Å². The fourth-order valence-corrected chi connectivity index (χ4v) is 3.17. The Hall–Kier alpha value is -2.92. The normalized spacial score (nSPS) is 12.5. The molecule has 0 saturated heterocycles. The fraction of sp³-hybridized carbons (Fsp3) is 0.200. The lowest BCUT2D eigenvalue weighted by molar-refractivity contribution is 0.533. The molecule has 0 spiro atoms. The van der Waals surface area contributed by atoms with E-state index in [4.69, 9.17) is 0 Å². The summed E-state index contributed by atoms with van der Waals surface area (Å²) < 4.78 is 4.10. The van der Waals surface area contributed by atoms with Crippen LogP contribution in [0, 0.1) is 0 Å². The van der Waals surface area contributed by atoms with Crippen molar-refractivity contribution in [1.82, 2.24) is 24.6 Å². The van der Waals surface area contributed by atoms with E-state index in [1.54, 1.807) is 6.20 Å². The molecule has 5 nitrogen and oxygen atoms in total. The summed E-state index contributed by atoms with van der Waals surface area (Å²) in [5.41, 5.74) is 4.57. The fourth-order valence-electron chi connectivity index (χ4n) is 3.17. The minimum atomic E-state index is 0.232. The van der Waals surface area contributed by atoms with Gasteiger partial charge >= 0.3 is 0 Å². The molecular weight excluding hydrogens is 310 g/mol. The number of nitrogens with zero attached hydrogens (tertiary/aromatic N) is 4. The van der Waals surface area contributed by atoms with E-state index >= 15 is 0 Å². The number of hydrogen-bond donors (Lipinski definition) is 1. The van der Waals surface area contributed by atoms with Crippen LogP contribution in [0.1, 0.15) is 18.5 Å². The lowest BCUT2D eigenvalue weighted by atomic mass is 10.1. The third-order valence-corrected chi connectivity index (χ3v) is 4.49. The van der Waals surface area contributed by atoms with Gasteiger partial charge in [-0.15, -0.1) is 0 Å². The second-order valence-corrected chi connectivity index (χ2v) is 6.11. The van der Waals surface area contributed by atoms with Crippen molar-refractivity contribution in [2.75, 3.05) is 6.54 Å². The smallest absolute Gasteiger partial charge is 0.0958 e. The predicted octanol–water partition coefficient (Wildman–Crippen LogP) is 3.57. The minimum Gasteiger partial charge on any atom is -0.329 e. The van der Waals surface area contributed by atoms with Crippen molar-refractivity contribution in [2.24, 2.45) is 0 Å². The highest BCUT2D eigenvalue weighted by atomic mass is 15.3. The number of rotatable bonds is 6. The molecule has 0 bridgehead atoms. The van der Waals surface area contributed by atoms with E-state index < -0.39 is 0 Å². The molecule has 0 aliphatic carbocycles. The van der Waals surface area contributed by atoms with Crippen LogP contribution in [0.5, 0.6) is 0 Å². The summed E-state index contributed by atoms with van der Waals surface area (Å²) >= 11 is 0. The van der Waals surface area contributed by atoms with Crippen LogP contribution in [0.3, 0.4) is 0 Å². The first-order valence-corrected chi connectivity index (χ1v) is 8.55. The molecule has 5 heteroatoms. The quantitative estimate of drug-likeness (QED) is 0.587. The topological polar surface area (TPSA) is 47.7 Å². The minimum absolute atomic E-state index is 0.232. The molecule has 0 fully saturated rings. The number of aromatic nitrogens is 4. The van der Waals surface area contributed by atoms with Gasteiger partial charge in [0.15, 0.2) is 0 Å². The van der Waals surface area contributed by atoms with Crippen molar-refractivity contribution in [3.8, 4) is 5.69 Å². The zero-order valence-corrected chi connectivity index (χ0v) is 14.2. The van der Waals surface area contributed by atoms with Gasteiger partial charge in [0.1, 0.15) is 0 Å². The molecular formula is C20H21N5. The number of imidazole rings is 1. The second kappa shape index (κ2) is 6.91. The van der Waals surface area contributed by atoms with Crippen LogP contribution in [-0.2, 0) is 6.54 Å². The van der Waals surface area contributed by atoms with Gasteiger partial charge in [-0.1, -0.05) is 30.3 Å². The molecule has 1 atom stereocenters. The monoisotopic (exact) mass is 331 g/mol. The average Bonchev–Trinajstić information content (AvgIpc) is 3.32. The van der Waals surface area contributed by atoms with Gasteiger partial charge in [-0.05, 0) is 36.8 Å². The van der Waals surface area contributed by atoms with Crippen LogP contribution in [0.15, 0.2) is 73.3 Å². The molecule has 2 aromatic heterocycles. The van der Waals surface area contributed by atoms with Gasteiger partial charge in [0.05, 0.1) is 23.0 Å². The molecule has 126 valence electrons. The highest BCUT2D eigenvalue weighted by molar-refractivity contribution is 5.74. The Kier molecular flexibility index (Phi) is 4.31. The first-order chi connectivity index (χ1) is 12.3. The number of para-hydroxylation sites is 3. The van der Waals surface area contributed by atoms with E-state index in [1.165, 1.54) is 11.1 Å². The van der Waals surface area contributed by atoms with E-state index in [9.17, 15) is 0 Å². The zero-order chi connectivity index (χ0) is 17.1. The Balaban J connectivity index is 1.45. The van der Waals surface area contributed by atoms with Gasteiger partial charge in [-0.25, -0.2) is 9.67 Å². The zero-order valence-electron chi connectivity index (χ0n) is 14.2. The summed E-state index contributed by atoms with van der Waals surface area (Å²) in [6.45, 7) is 3.94. The first kappa shape index (κ1) is 15.6. The third kappa shape index (κ3) is 3.19. The lowest BCUT2D eigenvalue weighted by Gasteiger charge is -2.18. The molecule has 2 heterocycles. The van der Waals surface area contributed by atoms with Crippen molar-refractivity contribution in [3.63, 3.8) is 0 Å². The van der Waals surface area contributed by atoms with E-state index in [1.807, 2.05) is 41.5 Å². The van der Waals surface area contributed by atoms with Crippen LogP contribution in [-0.4, -0.2) is 25.9 Å². The van der Waals surface area contributed by atoms with Crippen LogP contribution in [0.25, 0.3) is 16.7 Å². The maximum atomic E-state index is 4.45. The largest absolute Gasteiger partial charge is 0.329 e. The van der Waals surface area contributed by atoms with Crippen LogP contribution >= 0.6 is 0 Å². The van der Waals surface area contributed by atoms with Crippen molar-refractivity contribution in [3.05, 3.63) is 78.9 Å². The highest BCUT2D eigenvalue weighted by Crippen LogP contribution is 2.21. The summed E-state index contributed by atoms with van der Waals surface area (Å²) in [6.07, 6.45) is 5.69. The molecule has 0 saturated carbocycles. The molecule has 0 aliphatic rings. The molecule has 25 heavy (non-hydrogen) atoms. The second-order valence-electron chi connectivity index (χ2n) is 6.11. The molecule has 4 rings (SSSR count). The standard InChI is InChI=1S/C20H21N5/c1-16(17-7-2-4-9-19(17)25-13-6-11-23-25)21-12-14-24-15-22-18-8-3-5-10-20(18)24/h2-11,13,15-16,21H,12,14H2,1H3. The number of fused-ring (bicyclic) bond motifs is 1. The van der Waals surface area contributed by atoms with Crippen molar-refractivity contribution >= 4 is 11.0 Å². The van der Waals surface area contributed by atoms with Crippen molar-refractivity contribution < 1.29 is 0 Å².